The van der Waals surface area contributed by atoms with Crippen molar-refractivity contribution >= 4 is 5.91 Å². The van der Waals surface area contributed by atoms with E-state index in [0.717, 1.165) is 30.6 Å². The standard InChI is InChI=1S/C19H26N4O/c1-15-6-5-11-22(18(15)12-20)19(24)10-9-16-13-21-23(14-16)17-7-3-2-4-8-17/h2-4,7-8,13-15,18H,5-6,9-12,20H2,1H3/t15-,18-/m1/s1. The average Bonchev–Trinajstić information content (AvgIpc) is 3.09. The van der Waals surface area contributed by atoms with Gasteiger partial charge in [0.15, 0.2) is 0 Å². The van der Waals surface area contributed by atoms with Crippen LogP contribution in [0.25, 0.3) is 5.69 Å². The molecule has 0 aliphatic carbocycles. The van der Waals surface area contributed by atoms with Crippen LogP contribution in [0.5, 0.6) is 0 Å². The van der Waals surface area contributed by atoms with Gasteiger partial charge in [0.2, 0.25) is 5.91 Å². The van der Waals surface area contributed by atoms with E-state index in [9.17, 15) is 4.79 Å². The van der Waals surface area contributed by atoms with Crippen LogP contribution in [0.15, 0.2) is 42.7 Å². The molecule has 0 spiro atoms. The normalized spacial score (nSPS) is 21.0. The van der Waals surface area contributed by atoms with Crippen LogP contribution in [-0.2, 0) is 11.2 Å². The smallest absolute Gasteiger partial charge is 0.223 e. The Labute approximate surface area is 143 Å². The van der Waals surface area contributed by atoms with Crippen molar-refractivity contribution in [3.05, 3.63) is 48.3 Å². The fraction of sp³-hybridized carbons (Fsp3) is 0.474. The molecule has 5 heteroatoms. The quantitative estimate of drug-likeness (QED) is 0.917. The molecule has 2 atom stereocenters. The van der Waals surface area contributed by atoms with Crippen molar-refractivity contribution in [2.45, 2.75) is 38.6 Å². The first-order valence-corrected chi connectivity index (χ1v) is 8.77. The third-order valence-corrected chi connectivity index (χ3v) is 4.96. The number of carbonyl (C=O) groups excluding carboxylic acids is 1. The maximum Gasteiger partial charge on any atom is 0.223 e. The van der Waals surface area contributed by atoms with Crippen molar-refractivity contribution in [3.63, 3.8) is 0 Å². The molecule has 5 nitrogen and oxygen atoms in total. The van der Waals surface area contributed by atoms with Crippen molar-refractivity contribution in [3.8, 4) is 5.69 Å². The summed E-state index contributed by atoms with van der Waals surface area (Å²) < 4.78 is 1.85. The number of para-hydroxylation sites is 1. The summed E-state index contributed by atoms with van der Waals surface area (Å²) in [6.07, 6.45) is 7.32. The molecule has 0 saturated carbocycles. The molecular weight excluding hydrogens is 300 g/mol. The second-order valence-electron chi connectivity index (χ2n) is 6.64. The Bertz CT molecular complexity index is 667. The van der Waals surface area contributed by atoms with Gasteiger partial charge in [-0.05, 0) is 42.9 Å². The van der Waals surface area contributed by atoms with Crippen LogP contribution in [0.3, 0.4) is 0 Å². The summed E-state index contributed by atoms with van der Waals surface area (Å²) in [5, 5.41) is 4.39. The maximum absolute atomic E-state index is 12.6. The van der Waals surface area contributed by atoms with Gasteiger partial charge >= 0.3 is 0 Å². The predicted molar refractivity (Wildman–Crippen MR) is 94.8 cm³/mol. The summed E-state index contributed by atoms with van der Waals surface area (Å²) in [5.41, 5.74) is 8.01. The predicted octanol–water partition coefficient (Wildman–Crippen LogP) is 2.39. The highest BCUT2D eigenvalue weighted by Gasteiger charge is 2.30. The van der Waals surface area contributed by atoms with Crippen molar-refractivity contribution in [2.24, 2.45) is 11.7 Å². The lowest BCUT2D eigenvalue weighted by Gasteiger charge is -2.39. The van der Waals surface area contributed by atoms with Crippen LogP contribution in [0, 0.1) is 5.92 Å². The molecule has 2 N–H and O–H groups in total. The number of likely N-dealkylation sites (tertiary alicyclic amines) is 1. The number of hydrogen-bond donors (Lipinski definition) is 1. The van der Waals surface area contributed by atoms with Crippen molar-refractivity contribution in [2.75, 3.05) is 13.1 Å². The van der Waals surface area contributed by atoms with E-state index in [4.69, 9.17) is 5.73 Å². The molecule has 1 amide bonds. The number of rotatable bonds is 5. The van der Waals surface area contributed by atoms with E-state index < -0.39 is 0 Å². The van der Waals surface area contributed by atoms with Crippen LogP contribution < -0.4 is 5.73 Å². The van der Waals surface area contributed by atoms with Crippen LogP contribution in [0.4, 0.5) is 0 Å². The Kier molecular flexibility index (Phi) is 5.30. The third kappa shape index (κ3) is 3.67. The Balaban J connectivity index is 1.59. The Hall–Kier alpha value is -2.14. The van der Waals surface area contributed by atoms with Gasteiger partial charge in [0, 0.05) is 31.7 Å². The van der Waals surface area contributed by atoms with Crippen LogP contribution >= 0.6 is 0 Å². The number of piperidine rings is 1. The van der Waals surface area contributed by atoms with E-state index in [1.165, 1.54) is 0 Å². The molecule has 0 bridgehead atoms. The van der Waals surface area contributed by atoms with E-state index in [1.54, 1.807) is 0 Å². The average molecular weight is 326 g/mol. The second kappa shape index (κ2) is 7.62. The van der Waals surface area contributed by atoms with Gasteiger partial charge in [0.1, 0.15) is 0 Å². The van der Waals surface area contributed by atoms with Gasteiger partial charge in [-0.3, -0.25) is 4.79 Å². The zero-order valence-electron chi connectivity index (χ0n) is 14.3. The molecule has 2 aromatic rings. The fourth-order valence-electron chi connectivity index (χ4n) is 3.52. The zero-order valence-corrected chi connectivity index (χ0v) is 14.3. The Morgan fingerprint density at radius 3 is 2.88 bits per heavy atom. The highest BCUT2D eigenvalue weighted by molar-refractivity contribution is 5.77. The van der Waals surface area contributed by atoms with E-state index >= 15 is 0 Å². The second-order valence-corrected chi connectivity index (χ2v) is 6.64. The molecular formula is C19H26N4O. The summed E-state index contributed by atoms with van der Waals surface area (Å²) >= 11 is 0. The van der Waals surface area contributed by atoms with E-state index in [2.05, 4.69) is 12.0 Å². The molecule has 1 aromatic heterocycles. The number of nitrogens with two attached hydrogens (primary N) is 1. The monoisotopic (exact) mass is 326 g/mol. The fourth-order valence-corrected chi connectivity index (χ4v) is 3.52. The molecule has 3 rings (SSSR count). The molecule has 24 heavy (non-hydrogen) atoms. The lowest BCUT2D eigenvalue weighted by molar-refractivity contribution is -0.136. The molecule has 1 aliphatic heterocycles. The lowest BCUT2D eigenvalue weighted by atomic mass is 9.90. The van der Waals surface area contributed by atoms with Gasteiger partial charge in [-0.1, -0.05) is 25.1 Å². The highest BCUT2D eigenvalue weighted by Crippen LogP contribution is 2.23. The molecule has 2 heterocycles. The Morgan fingerprint density at radius 1 is 1.33 bits per heavy atom. The molecule has 1 aliphatic rings. The van der Waals surface area contributed by atoms with Crippen LogP contribution in [0.1, 0.15) is 31.7 Å². The topological polar surface area (TPSA) is 64.2 Å². The number of aromatic nitrogens is 2. The van der Waals surface area contributed by atoms with Gasteiger partial charge in [0.25, 0.3) is 0 Å². The van der Waals surface area contributed by atoms with E-state index in [-0.39, 0.29) is 11.9 Å². The van der Waals surface area contributed by atoms with E-state index in [0.29, 0.717) is 25.3 Å². The largest absolute Gasteiger partial charge is 0.338 e. The molecule has 0 radical (unpaired) electrons. The SMILES string of the molecule is C[C@@H]1CCCN(C(=O)CCc2cnn(-c3ccccc3)c2)[C@@H]1CN. The third-order valence-electron chi connectivity index (χ3n) is 4.96. The molecule has 0 unspecified atom stereocenters. The molecule has 1 fully saturated rings. The van der Waals surface area contributed by atoms with Gasteiger partial charge < -0.3 is 10.6 Å². The van der Waals surface area contributed by atoms with Gasteiger partial charge in [0.05, 0.1) is 11.9 Å². The van der Waals surface area contributed by atoms with Gasteiger partial charge in [-0.25, -0.2) is 4.68 Å². The summed E-state index contributed by atoms with van der Waals surface area (Å²) in [4.78, 5) is 14.6. The summed E-state index contributed by atoms with van der Waals surface area (Å²) in [5.74, 6) is 0.706. The summed E-state index contributed by atoms with van der Waals surface area (Å²) in [6.45, 7) is 3.59. The number of nitrogens with zero attached hydrogens (tertiary/aromatic N) is 3. The first kappa shape index (κ1) is 16.7. The van der Waals surface area contributed by atoms with Gasteiger partial charge in [-0.2, -0.15) is 5.10 Å². The number of aryl methyl sites for hydroxylation is 1. The number of hydrogen-bond acceptors (Lipinski definition) is 3. The number of benzene rings is 1. The minimum absolute atomic E-state index is 0.193. The van der Waals surface area contributed by atoms with E-state index in [1.807, 2.05) is 52.3 Å². The molecule has 1 aromatic carbocycles. The maximum atomic E-state index is 12.6. The Morgan fingerprint density at radius 2 is 2.12 bits per heavy atom. The highest BCUT2D eigenvalue weighted by atomic mass is 16.2. The molecule has 128 valence electrons. The summed E-state index contributed by atoms with van der Waals surface area (Å²) in [7, 11) is 0. The minimum Gasteiger partial charge on any atom is -0.338 e. The number of amides is 1. The molecule has 1 saturated heterocycles. The van der Waals surface area contributed by atoms with Crippen LogP contribution in [0.2, 0.25) is 0 Å². The lowest BCUT2D eigenvalue weighted by Crippen LogP contribution is -2.51. The first-order chi connectivity index (χ1) is 11.7. The zero-order chi connectivity index (χ0) is 16.9. The van der Waals surface area contributed by atoms with Crippen molar-refractivity contribution in [1.29, 1.82) is 0 Å². The minimum atomic E-state index is 0.193. The van der Waals surface area contributed by atoms with Crippen LogP contribution in [-0.4, -0.2) is 39.7 Å². The first-order valence-electron chi connectivity index (χ1n) is 8.77. The van der Waals surface area contributed by atoms with Crippen molar-refractivity contribution in [1.82, 2.24) is 14.7 Å². The summed E-state index contributed by atoms with van der Waals surface area (Å²) in [6, 6.07) is 10.2. The number of carbonyl (C=O) groups is 1. The van der Waals surface area contributed by atoms with Gasteiger partial charge in [-0.15, -0.1) is 0 Å². The van der Waals surface area contributed by atoms with Crippen molar-refractivity contribution < 1.29 is 4.79 Å².